The summed E-state index contributed by atoms with van der Waals surface area (Å²) in [6.45, 7) is 4.44. The molecule has 96 valence electrons. The van der Waals surface area contributed by atoms with E-state index in [0.717, 1.165) is 23.8 Å². The van der Waals surface area contributed by atoms with Gasteiger partial charge in [0, 0.05) is 11.5 Å². The van der Waals surface area contributed by atoms with Crippen LogP contribution in [0.2, 0.25) is 0 Å². The molecule has 0 heterocycles. The third-order valence-corrected chi connectivity index (χ3v) is 4.56. The van der Waals surface area contributed by atoms with E-state index in [2.05, 4.69) is 26.0 Å². The molecule has 2 atom stereocenters. The van der Waals surface area contributed by atoms with Crippen molar-refractivity contribution in [3.8, 4) is 0 Å². The van der Waals surface area contributed by atoms with Gasteiger partial charge in [0.25, 0.3) is 0 Å². The van der Waals surface area contributed by atoms with Gasteiger partial charge in [0.2, 0.25) is 0 Å². The molecule has 0 N–H and O–H groups in total. The molecular formula is C17H22O. The van der Waals surface area contributed by atoms with Gasteiger partial charge in [-0.05, 0) is 48.6 Å². The van der Waals surface area contributed by atoms with E-state index in [-0.39, 0.29) is 0 Å². The maximum Gasteiger partial charge on any atom is 0.166 e. The van der Waals surface area contributed by atoms with Crippen molar-refractivity contribution in [2.75, 3.05) is 0 Å². The second kappa shape index (κ2) is 4.53. The van der Waals surface area contributed by atoms with Crippen LogP contribution >= 0.6 is 0 Å². The fourth-order valence-electron chi connectivity index (χ4n) is 3.73. The molecule has 2 aliphatic carbocycles. The lowest BCUT2D eigenvalue weighted by Gasteiger charge is -2.08. The summed E-state index contributed by atoms with van der Waals surface area (Å²) in [5, 5.41) is 0. The number of carbonyl (C=O) groups is 1. The Morgan fingerprint density at radius 3 is 2.67 bits per heavy atom. The lowest BCUT2D eigenvalue weighted by molar-refractivity contribution is 0.0951. The fourth-order valence-corrected chi connectivity index (χ4v) is 3.73. The Morgan fingerprint density at radius 1 is 1.28 bits per heavy atom. The highest BCUT2D eigenvalue weighted by atomic mass is 16.1. The summed E-state index contributed by atoms with van der Waals surface area (Å²) >= 11 is 0. The highest BCUT2D eigenvalue weighted by Gasteiger charge is 2.56. The number of rotatable bonds is 4. The van der Waals surface area contributed by atoms with Crippen molar-refractivity contribution in [3.63, 3.8) is 0 Å². The SMILES string of the molecule is CC(C)Cc1cccc(C(=O)C2C3CCCC32)c1. The van der Waals surface area contributed by atoms with Gasteiger partial charge in [0.05, 0.1) is 0 Å². The Hall–Kier alpha value is -1.11. The lowest BCUT2D eigenvalue weighted by atomic mass is 9.96. The van der Waals surface area contributed by atoms with E-state index in [4.69, 9.17) is 0 Å². The first-order valence-corrected chi connectivity index (χ1v) is 7.30. The van der Waals surface area contributed by atoms with Gasteiger partial charge in [-0.2, -0.15) is 0 Å². The van der Waals surface area contributed by atoms with Crippen LogP contribution in [0.4, 0.5) is 0 Å². The molecule has 0 spiro atoms. The van der Waals surface area contributed by atoms with Crippen molar-refractivity contribution < 1.29 is 4.79 Å². The summed E-state index contributed by atoms with van der Waals surface area (Å²) < 4.78 is 0. The second-order valence-corrected chi connectivity index (χ2v) is 6.45. The Balaban J connectivity index is 1.74. The molecule has 0 saturated heterocycles. The predicted octanol–water partition coefficient (Wildman–Crippen LogP) is 4.11. The van der Waals surface area contributed by atoms with Crippen LogP contribution in [0.3, 0.4) is 0 Å². The predicted molar refractivity (Wildman–Crippen MR) is 73.6 cm³/mol. The fraction of sp³-hybridized carbons (Fsp3) is 0.588. The van der Waals surface area contributed by atoms with Crippen LogP contribution in [-0.2, 0) is 6.42 Å². The van der Waals surface area contributed by atoms with Gasteiger partial charge < -0.3 is 0 Å². The number of fused-ring (bicyclic) bond motifs is 1. The van der Waals surface area contributed by atoms with Crippen LogP contribution in [0.25, 0.3) is 0 Å². The smallest absolute Gasteiger partial charge is 0.166 e. The molecule has 0 bridgehead atoms. The van der Waals surface area contributed by atoms with Gasteiger partial charge in [0.15, 0.2) is 5.78 Å². The van der Waals surface area contributed by atoms with E-state index < -0.39 is 0 Å². The monoisotopic (exact) mass is 242 g/mol. The van der Waals surface area contributed by atoms with Crippen LogP contribution in [-0.4, -0.2) is 5.78 Å². The molecule has 2 unspecified atom stereocenters. The zero-order valence-electron chi connectivity index (χ0n) is 11.4. The van der Waals surface area contributed by atoms with Crippen LogP contribution in [0.5, 0.6) is 0 Å². The third kappa shape index (κ3) is 2.11. The summed E-state index contributed by atoms with van der Waals surface area (Å²) in [6.07, 6.45) is 4.98. The Labute approximate surface area is 110 Å². The average Bonchev–Trinajstić information content (AvgIpc) is 2.80. The van der Waals surface area contributed by atoms with E-state index in [1.54, 1.807) is 0 Å². The molecule has 0 radical (unpaired) electrons. The summed E-state index contributed by atoms with van der Waals surface area (Å²) in [5.41, 5.74) is 2.26. The van der Waals surface area contributed by atoms with E-state index in [1.165, 1.54) is 24.8 Å². The Kier molecular flexibility index (Phi) is 3.01. The number of hydrogen-bond acceptors (Lipinski definition) is 1. The topological polar surface area (TPSA) is 17.1 Å². The van der Waals surface area contributed by atoms with Gasteiger partial charge in [-0.25, -0.2) is 0 Å². The molecule has 0 aromatic heterocycles. The van der Waals surface area contributed by atoms with Gasteiger partial charge in [-0.15, -0.1) is 0 Å². The highest BCUT2D eigenvalue weighted by Crippen LogP contribution is 2.58. The summed E-state index contributed by atoms with van der Waals surface area (Å²) in [4.78, 5) is 12.5. The average molecular weight is 242 g/mol. The molecule has 2 saturated carbocycles. The van der Waals surface area contributed by atoms with E-state index >= 15 is 0 Å². The van der Waals surface area contributed by atoms with Gasteiger partial charge in [-0.3, -0.25) is 4.79 Å². The Morgan fingerprint density at radius 2 is 2.00 bits per heavy atom. The second-order valence-electron chi connectivity index (χ2n) is 6.45. The maximum absolute atomic E-state index is 12.5. The molecule has 0 aliphatic heterocycles. The van der Waals surface area contributed by atoms with Crippen molar-refractivity contribution >= 4 is 5.78 Å². The number of Topliss-reactive ketones (excluding diaryl/α,β-unsaturated/α-hetero) is 1. The first kappa shape index (κ1) is 12.0. The first-order valence-electron chi connectivity index (χ1n) is 7.30. The zero-order valence-corrected chi connectivity index (χ0v) is 11.4. The minimum absolute atomic E-state index is 0.369. The molecule has 0 amide bonds. The zero-order chi connectivity index (χ0) is 12.7. The molecule has 1 nitrogen and oxygen atoms in total. The lowest BCUT2D eigenvalue weighted by Crippen LogP contribution is -2.07. The highest BCUT2D eigenvalue weighted by molar-refractivity contribution is 6.00. The molecule has 2 aliphatic rings. The summed E-state index contributed by atoms with van der Waals surface area (Å²) in [5.74, 6) is 2.89. The van der Waals surface area contributed by atoms with Crippen molar-refractivity contribution in [2.24, 2.45) is 23.7 Å². The molecule has 3 rings (SSSR count). The maximum atomic E-state index is 12.5. The minimum atomic E-state index is 0.369. The molecule has 18 heavy (non-hydrogen) atoms. The van der Waals surface area contributed by atoms with Gasteiger partial charge in [-0.1, -0.05) is 38.5 Å². The van der Waals surface area contributed by atoms with Gasteiger partial charge in [0.1, 0.15) is 0 Å². The Bertz CT molecular complexity index is 450. The van der Waals surface area contributed by atoms with Crippen molar-refractivity contribution in [3.05, 3.63) is 35.4 Å². The van der Waals surface area contributed by atoms with Crippen molar-refractivity contribution in [1.82, 2.24) is 0 Å². The van der Waals surface area contributed by atoms with Crippen LogP contribution in [0.1, 0.15) is 49.0 Å². The minimum Gasteiger partial charge on any atom is -0.294 e. The molecular weight excluding hydrogens is 220 g/mol. The number of hydrogen-bond donors (Lipinski definition) is 0. The van der Waals surface area contributed by atoms with Gasteiger partial charge >= 0.3 is 0 Å². The van der Waals surface area contributed by atoms with E-state index in [0.29, 0.717) is 17.6 Å². The van der Waals surface area contributed by atoms with E-state index in [9.17, 15) is 4.79 Å². The van der Waals surface area contributed by atoms with E-state index in [1.807, 2.05) is 12.1 Å². The standard InChI is InChI=1S/C17H22O/c1-11(2)9-12-5-3-6-13(10-12)17(18)16-14-7-4-8-15(14)16/h3,5-6,10-11,14-16H,4,7-9H2,1-2H3. The number of ketones is 1. The van der Waals surface area contributed by atoms with Crippen LogP contribution in [0.15, 0.2) is 24.3 Å². The third-order valence-electron chi connectivity index (χ3n) is 4.56. The number of benzene rings is 1. The molecule has 1 aromatic rings. The summed E-state index contributed by atoms with van der Waals surface area (Å²) in [7, 11) is 0. The van der Waals surface area contributed by atoms with Crippen LogP contribution < -0.4 is 0 Å². The van der Waals surface area contributed by atoms with Crippen LogP contribution in [0, 0.1) is 23.7 Å². The largest absolute Gasteiger partial charge is 0.294 e. The molecule has 1 aromatic carbocycles. The molecule has 2 fully saturated rings. The quantitative estimate of drug-likeness (QED) is 0.726. The van der Waals surface area contributed by atoms with Crippen molar-refractivity contribution in [2.45, 2.75) is 39.5 Å². The first-order chi connectivity index (χ1) is 8.66. The van der Waals surface area contributed by atoms with Crippen molar-refractivity contribution in [1.29, 1.82) is 0 Å². The number of carbonyl (C=O) groups excluding carboxylic acids is 1. The summed E-state index contributed by atoms with van der Waals surface area (Å²) in [6, 6.07) is 8.31. The molecule has 1 heteroatoms. The normalized spacial score (nSPS) is 29.4.